The van der Waals surface area contributed by atoms with Gasteiger partial charge in [0.2, 0.25) is 0 Å². The van der Waals surface area contributed by atoms with Crippen molar-refractivity contribution in [3.05, 3.63) is 60.0 Å². The van der Waals surface area contributed by atoms with Gasteiger partial charge < -0.3 is 9.47 Å². The highest BCUT2D eigenvalue weighted by atomic mass is 19.4. The van der Waals surface area contributed by atoms with Crippen LogP contribution in [0.4, 0.5) is 26.3 Å². The fraction of sp³-hybridized carbons (Fsp3) is 0.556. The standard InChI is InChI=1S/C27H32F6O2/c1-3-19(21-11-13-22(14-12-21)20-7-5-4-6-8-20)10-9-18(2)26(29,30)34-23-15-16-25(24(28)17-23)35-27(31,32)33/h3,9-10,15-17,20-22H,1,4-8,11-14H2,2H3/b18-9+,19-10+. The third-order valence-electron chi connectivity index (χ3n) is 7.16. The van der Waals surface area contributed by atoms with Gasteiger partial charge in [-0.3, -0.25) is 0 Å². The molecule has 0 atom stereocenters. The summed E-state index contributed by atoms with van der Waals surface area (Å²) in [7, 11) is 0. The molecule has 0 heterocycles. The van der Waals surface area contributed by atoms with Gasteiger partial charge in [-0.15, -0.1) is 13.2 Å². The van der Waals surface area contributed by atoms with Crippen LogP contribution >= 0.6 is 0 Å². The lowest BCUT2D eigenvalue weighted by Gasteiger charge is -2.36. The quantitative estimate of drug-likeness (QED) is 0.261. The number of rotatable bonds is 8. The van der Waals surface area contributed by atoms with Crippen LogP contribution < -0.4 is 9.47 Å². The molecule has 35 heavy (non-hydrogen) atoms. The van der Waals surface area contributed by atoms with Crippen LogP contribution in [0.1, 0.15) is 64.7 Å². The van der Waals surface area contributed by atoms with Crippen molar-refractivity contribution in [1.29, 1.82) is 0 Å². The SMILES string of the molecule is C=C/C(=C\C=C(/C)C(F)(F)Oc1ccc(OC(F)(F)F)c(F)c1)C1CCC(C2CCCCC2)CC1. The second kappa shape index (κ2) is 11.6. The van der Waals surface area contributed by atoms with Gasteiger partial charge in [0.1, 0.15) is 5.75 Å². The normalized spacial score (nSPS) is 23.2. The molecule has 0 aromatic heterocycles. The van der Waals surface area contributed by atoms with Gasteiger partial charge in [0.15, 0.2) is 11.6 Å². The van der Waals surface area contributed by atoms with Gasteiger partial charge in [-0.05, 0) is 68.1 Å². The van der Waals surface area contributed by atoms with E-state index in [0.29, 0.717) is 12.1 Å². The Morgan fingerprint density at radius 2 is 1.51 bits per heavy atom. The van der Waals surface area contributed by atoms with E-state index in [9.17, 15) is 26.3 Å². The van der Waals surface area contributed by atoms with Crippen molar-refractivity contribution in [2.24, 2.45) is 17.8 Å². The Kier molecular flexibility index (Phi) is 9.00. The third-order valence-corrected chi connectivity index (χ3v) is 7.16. The minimum atomic E-state index is -5.10. The molecule has 2 aliphatic carbocycles. The molecule has 8 heteroatoms. The van der Waals surface area contributed by atoms with E-state index < -0.39 is 35.4 Å². The Bertz CT molecular complexity index is 920. The van der Waals surface area contributed by atoms with Crippen molar-refractivity contribution in [3.63, 3.8) is 0 Å². The smallest absolute Gasteiger partial charge is 0.429 e. The van der Waals surface area contributed by atoms with Crippen LogP contribution in [0.3, 0.4) is 0 Å². The summed E-state index contributed by atoms with van der Waals surface area (Å²) in [5.41, 5.74) is 0.464. The molecule has 0 spiro atoms. The molecule has 0 unspecified atom stereocenters. The zero-order chi connectivity index (χ0) is 25.6. The molecule has 2 aliphatic rings. The van der Waals surface area contributed by atoms with Crippen LogP contribution in [-0.4, -0.2) is 12.5 Å². The molecule has 2 saturated carbocycles. The van der Waals surface area contributed by atoms with Crippen molar-refractivity contribution in [1.82, 2.24) is 0 Å². The highest BCUT2D eigenvalue weighted by molar-refractivity contribution is 5.34. The molecular formula is C27H32F6O2. The zero-order valence-electron chi connectivity index (χ0n) is 19.9. The number of allylic oxidation sites excluding steroid dienone is 4. The van der Waals surface area contributed by atoms with Crippen LogP contribution in [0.15, 0.2) is 54.2 Å². The van der Waals surface area contributed by atoms with E-state index in [0.717, 1.165) is 49.2 Å². The van der Waals surface area contributed by atoms with Gasteiger partial charge in [0, 0.05) is 11.6 Å². The van der Waals surface area contributed by atoms with E-state index in [1.165, 1.54) is 45.1 Å². The van der Waals surface area contributed by atoms with Gasteiger partial charge in [-0.2, -0.15) is 8.78 Å². The molecule has 0 amide bonds. The monoisotopic (exact) mass is 502 g/mol. The van der Waals surface area contributed by atoms with Gasteiger partial charge in [0.05, 0.1) is 0 Å². The van der Waals surface area contributed by atoms with Crippen molar-refractivity contribution >= 4 is 0 Å². The van der Waals surface area contributed by atoms with Crippen LogP contribution in [0, 0.1) is 23.6 Å². The first kappa shape index (κ1) is 27.2. The molecule has 0 radical (unpaired) electrons. The molecule has 0 aliphatic heterocycles. The van der Waals surface area contributed by atoms with Crippen molar-refractivity contribution in [2.45, 2.75) is 77.2 Å². The first-order chi connectivity index (χ1) is 16.5. The minimum absolute atomic E-state index is 0.265. The van der Waals surface area contributed by atoms with Gasteiger partial charge >= 0.3 is 12.5 Å². The summed E-state index contributed by atoms with van der Waals surface area (Å²) in [5, 5.41) is 0. The molecule has 194 valence electrons. The molecule has 0 N–H and O–H groups in total. The summed E-state index contributed by atoms with van der Waals surface area (Å²) in [6.45, 7) is 5.02. The summed E-state index contributed by atoms with van der Waals surface area (Å²) in [6.07, 6.45) is 6.58. The predicted octanol–water partition coefficient (Wildman–Crippen LogP) is 9.14. The number of hydrogen-bond acceptors (Lipinski definition) is 2. The minimum Gasteiger partial charge on any atom is -0.429 e. The Morgan fingerprint density at radius 1 is 0.886 bits per heavy atom. The fourth-order valence-electron chi connectivity index (χ4n) is 5.20. The average Bonchev–Trinajstić information content (AvgIpc) is 2.81. The zero-order valence-corrected chi connectivity index (χ0v) is 19.9. The largest absolute Gasteiger partial charge is 0.573 e. The topological polar surface area (TPSA) is 18.5 Å². The van der Waals surface area contributed by atoms with Crippen molar-refractivity contribution in [2.75, 3.05) is 0 Å². The lowest BCUT2D eigenvalue weighted by Crippen LogP contribution is -2.26. The molecular weight excluding hydrogens is 470 g/mol. The van der Waals surface area contributed by atoms with Crippen LogP contribution in [-0.2, 0) is 0 Å². The van der Waals surface area contributed by atoms with E-state index in [1.54, 1.807) is 12.2 Å². The maximum absolute atomic E-state index is 14.6. The van der Waals surface area contributed by atoms with Gasteiger partial charge in [0.25, 0.3) is 0 Å². The highest BCUT2D eigenvalue weighted by Crippen LogP contribution is 2.42. The third kappa shape index (κ3) is 7.80. The maximum atomic E-state index is 14.6. The summed E-state index contributed by atoms with van der Waals surface area (Å²) >= 11 is 0. The number of ether oxygens (including phenoxy) is 2. The summed E-state index contributed by atoms with van der Waals surface area (Å²) in [4.78, 5) is 0. The molecule has 3 rings (SSSR count). The van der Waals surface area contributed by atoms with Gasteiger partial charge in [-0.25, -0.2) is 4.39 Å². The van der Waals surface area contributed by atoms with E-state index >= 15 is 0 Å². The first-order valence-corrected chi connectivity index (χ1v) is 12.1. The van der Waals surface area contributed by atoms with Crippen LogP contribution in [0.5, 0.6) is 11.5 Å². The van der Waals surface area contributed by atoms with Crippen molar-refractivity contribution in [3.8, 4) is 11.5 Å². The summed E-state index contributed by atoms with van der Waals surface area (Å²) < 4.78 is 87.8. The van der Waals surface area contributed by atoms with Gasteiger partial charge in [-0.1, -0.05) is 56.9 Å². The molecule has 0 saturated heterocycles. The second-order valence-electron chi connectivity index (χ2n) is 9.49. The lowest BCUT2D eigenvalue weighted by atomic mass is 9.70. The molecule has 0 bridgehead atoms. The van der Waals surface area contributed by atoms with E-state index in [2.05, 4.69) is 16.1 Å². The molecule has 2 nitrogen and oxygen atoms in total. The predicted molar refractivity (Wildman–Crippen MR) is 123 cm³/mol. The Hall–Kier alpha value is -2.38. The molecule has 1 aromatic rings. The summed E-state index contributed by atoms with van der Waals surface area (Å²) in [5.74, 6) is -1.38. The van der Waals surface area contributed by atoms with E-state index in [4.69, 9.17) is 0 Å². The Labute approximate surface area is 202 Å². The number of alkyl halides is 5. The lowest BCUT2D eigenvalue weighted by molar-refractivity contribution is -0.275. The first-order valence-electron chi connectivity index (χ1n) is 12.1. The Balaban J connectivity index is 1.62. The van der Waals surface area contributed by atoms with E-state index in [1.807, 2.05) is 0 Å². The van der Waals surface area contributed by atoms with Crippen LogP contribution in [0.2, 0.25) is 0 Å². The Morgan fingerprint density at radius 3 is 2.09 bits per heavy atom. The number of halogens is 6. The maximum Gasteiger partial charge on any atom is 0.573 e. The van der Waals surface area contributed by atoms with E-state index in [-0.39, 0.29) is 5.92 Å². The molecule has 2 fully saturated rings. The van der Waals surface area contributed by atoms with Crippen molar-refractivity contribution < 1.29 is 35.8 Å². The average molecular weight is 503 g/mol. The second-order valence-corrected chi connectivity index (χ2v) is 9.49. The number of benzene rings is 1. The number of hydrogen-bond donors (Lipinski definition) is 0. The highest BCUT2D eigenvalue weighted by Gasteiger charge is 2.36. The summed E-state index contributed by atoms with van der Waals surface area (Å²) in [6, 6.07) is 1.81. The van der Waals surface area contributed by atoms with Crippen LogP contribution in [0.25, 0.3) is 0 Å². The fourth-order valence-corrected chi connectivity index (χ4v) is 5.20. The molecule has 1 aromatic carbocycles.